The van der Waals surface area contributed by atoms with E-state index in [2.05, 4.69) is 6.92 Å². The van der Waals surface area contributed by atoms with Crippen molar-refractivity contribution in [2.45, 2.75) is 103 Å². The molecule has 0 atom stereocenters. The third-order valence-electron chi connectivity index (χ3n) is 6.85. The first kappa shape index (κ1) is 27.1. The number of hydrogen-bond donors (Lipinski definition) is 0. The molecule has 3 rings (SSSR count). The maximum Gasteiger partial charge on any atom is 0.343 e. The molecule has 1 aliphatic rings. The number of ether oxygens (including phenoxy) is 1. The second-order valence-electron chi connectivity index (χ2n) is 11.1. The summed E-state index contributed by atoms with van der Waals surface area (Å²) in [5.41, 5.74) is 1.88. The Morgan fingerprint density at radius 1 is 0.943 bits per heavy atom. The van der Waals surface area contributed by atoms with E-state index in [9.17, 15) is 10.0 Å². The number of esters is 1. The fourth-order valence-corrected chi connectivity index (χ4v) is 5.04. The lowest BCUT2D eigenvalue weighted by atomic mass is 9.79. The van der Waals surface area contributed by atoms with Crippen molar-refractivity contribution in [2.75, 3.05) is 0 Å². The molecule has 1 radical (unpaired) electrons. The Morgan fingerprint density at radius 2 is 1.54 bits per heavy atom. The first-order chi connectivity index (χ1) is 16.6. The topological polar surface area (TPSA) is 61.8 Å². The molecule has 0 N–H and O–H groups in total. The largest absolute Gasteiger partial charge is 0.423 e. The van der Waals surface area contributed by atoms with E-state index in [1.165, 1.54) is 42.7 Å². The van der Waals surface area contributed by atoms with E-state index in [0.29, 0.717) is 11.3 Å². The van der Waals surface area contributed by atoms with E-state index in [0.717, 1.165) is 24.8 Å². The average Bonchev–Trinajstić information content (AvgIpc) is 2.82. The van der Waals surface area contributed by atoms with Crippen molar-refractivity contribution in [3.63, 3.8) is 0 Å². The second-order valence-corrected chi connectivity index (χ2v) is 11.1. The van der Waals surface area contributed by atoms with Gasteiger partial charge in [-0.25, -0.2) is 4.79 Å². The molecular formula is C30H41N2O3. The third kappa shape index (κ3) is 7.74. The predicted molar refractivity (Wildman–Crippen MR) is 142 cm³/mol. The first-order valence-electron chi connectivity index (χ1n) is 13.0. The van der Waals surface area contributed by atoms with Gasteiger partial charge in [0, 0.05) is 17.3 Å². The van der Waals surface area contributed by atoms with E-state index in [4.69, 9.17) is 9.73 Å². The Morgan fingerprint density at radius 3 is 2.14 bits per heavy atom. The van der Waals surface area contributed by atoms with Crippen molar-refractivity contribution in [2.24, 2.45) is 4.99 Å². The number of hydrogen-bond acceptors (Lipinski definition) is 4. The molecule has 0 aliphatic carbocycles. The van der Waals surface area contributed by atoms with Gasteiger partial charge < -0.3 is 4.74 Å². The lowest BCUT2D eigenvalue weighted by Gasteiger charge is -2.48. The van der Waals surface area contributed by atoms with Crippen molar-refractivity contribution in [3.8, 4) is 5.75 Å². The standard InChI is InChI=1S/C30H41N2O3/c1-6-7-8-9-10-11-23-12-16-25(17-13-23)28(33)35-27-18-14-24(15-19-27)22-31-26-20-29(2,3)32(34)30(4,5)21-26/h12-19,22,26H,6-11,20-21H2,1-5H3. The minimum absolute atomic E-state index is 0.0991. The third-order valence-corrected chi connectivity index (χ3v) is 6.85. The van der Waals surface area contributed by atoms with Gasteiger partial charge in [0.1, 0.15) is 5.75 Å². The number of benzene rings is 2. The lowest BCUT2D eigenvalue weighted by molar-refractivity contribution is -0.288. The summed E-state index contributed by atoms with van der Waals surface area (Å²) >= 11 is 0. The van der Waals surface area contributed by atoms with E-state index < -0.39 is 11.1 Å². The van der Waals surface area contributed by atoms with Crippen LogP contribution in [0.3, 0.4) is 0 Å². The highest BCUT2D eigenvalue weighted by molar-refractivity contribution is 5.91. The van der Waals surface area contributed by atoms with Gasteiger partial charge in [-0.05, 0) is 101 Å². The van der Waals surface area contributed by atoms with Crippen LogP contribution in [0.1, 0.15) is 101 Å². The molecule has 1 aliphatic heterocycles. The number of hydroxylamine groups is 2. The minimum Gasteiger partial charge on any atom is -0.423 e. The Balaban J connectivity index is 1.51. The van der Waals surface area contributed by atoms with Crippen LogP contribution in [0, 0.1) is 0 Å². The Labute approximate surface area is 211 Å². The second kappa shape index (κ2) is 12.0. The van der Waals surface area contributed by atoms with Crippen molar-refractivity contribution >= 4 is 12.2 Å². The molecule has 5 nitrogen and oxygen atoms in total. The number of nitrogens with zero attached hydrogens (tertiary/aromatic N) is 2. The van der Waals surface area contributed by atoms with Gasteiger partial charge in [0.2, 0.25) is 0 Å². The van der Waals surface area contributed by atoms with Crippen molar-refractivity contribution in [1.82, 2.24) is 5.06 Å². The maximum absolute atomic E-state index is 12.5. The summed E-state index contributed by atoms with van der Waals surface area (Å²) in [5, 5.41) is 13.7. The van der Waals surface area contributed by atoms with E-state index in [-0.39, 0.29) is 12.0 Å². The fourth-order valence-electron chi connectivity index (χ4n) is 5.04. The normalized spacial score (nSPS) is 18.1. The molecule has 189 valence electrons. The van der Waals surface area contributed by atoms with Gasteiger partial charge in [-0.15, -0.1) is 10.3 Å². The highest BCUT2D eigenvalue weighted by Gasteiger charge is 2.45. The summed E-state index contributed by atoms with van der Waals surface area (Å²) in [4.78, 5) is 17.3. The summed E-state index contributed by atoms with van der Waals surface area (Å²) in [5.74, 6) is 0.156. The van der Waals surface area contributed by atoms with Crippen LogP contribution in [0.25, 0.3) is 0 Å². The van der Waals surface area contributed by atoms with Crippen LogP contribution in [0.4, 0.5) is 0 Å². The molecule has 2 aromatic carbocycles. The van der Waals surface area contributed by atoms with Crippen LogP contribution in [0.2, 0.25) is 0 Å². The lowest BCUT2D eigenvalue weighted by Crippen LogP contribution is -2.59. The zero-order chi connectivity index (χ0) is 25.5. The Bertz CT molecular complexity index is 960. The number of carbonyl (C=O) groups is 1. The van der Waals surface area contributed by atoms with E-state index in [1.807, 2.05) is 70.3 Å². The van der Waals surface area contributed by atoms with Gasteiger partial charge in [0.05, 0.1) is 11.6 Å². The van der Waals surface area contributed by atoms with Crippen LogP contribution in [0.15, 0.2) is 53.5 Å². The van der Waals surface area contributed by atoms with Crippen LogP contribution in [-0.2, 0) is 11.6 Å². The molecule has 2 aromatic rings. The highest BCUT2D eigenvalue weighted by atomic mass is 16.5. The van der Waals surface area contributed by atoms with E-state index >= 15 is 0 Å². The predicted octanol–water partition coefficient (Wildman–Crippen LogP) is 7.20. The molecule has 1 saturated heterocycles. The summed E-state index contributed by atoms with van der Waals surface area (Å²) in [7, 11) is 0. The number of rotatable bonds is 10. The average molecular weight is 478 g/mol. The van der Waals surface area contributed by atoms with Crippen molar-refractivity contribution < 1.29 is 14.7 Å². The number of aryl methyl sites for hydroxylation is 1. The monoisotopic (exact) mass is 477 g/mol. The quantitative estimate of drug-likeness (QED) is 0.157. The smallest absolute Gasteiger partial charge is 0.343 e. The zero-order valence-electron chi connectivity index (χ0n) is 22.0. The van der Waals surface area contributed by atoms with Crippen LogP contribution < -0.4 is 4.74 Å². The number of carbonyl (C=O) groups excluding carboxylic acids is 1. The molecule has 0 saturated carbocycles. The SMILES string of the molecule is CCCCCCCc1ccc(C(=O)Oc2ccc(C=NC3CC(C)(C)N([O])C(C)(C)C3)cc2)cc1. The minimum atomic E-state index is -0.436. The molecular weight excluding hydrogens is 436 g/mol. The van der Waals surface area contributed by atoms with Gasteiger partial charge in [0.25, 0.3) is 0 Å². The fraction of sp³-hybridized carbons (Fsp3) is 0.533. The molecule has 0 amide bonds. The summed E-state index contributed by atoms with van der Waals surface area (Å²) in [6.45, 7) is 10.1. The highest BCUT2D eigenvalue weighted by Crippen LogP contribution is 2.38. The maximum atomic E-state index is 12.5. The molecule has 0 unspecified atom stereocenters. The molecule has 1 heterocycles. The Kier molecular flexibility index (Phi) is 9.26. The van der Waals surface area contributed by atoms with Crippen LogP contribution in [-0.4, -0.2) is 34.4 Å². The van der Waals surface area contributed by atoms with Gasteiger partial charge in [0.15, 0.2) is 0 Å². The van der Waals surface area contributed by atoms with Crippen LogP contribution in [0.5, 0.6) is 5.75 Å². The summed E-state index contributed by atoms with van der Waals surface area (Å²) in [6, 6.07) is 15.2. The van der Waals surface area contributed by atoms with Gasteiger partial charge in [-0.2, -0.15) is 0 Å². The summed E-state index contributed by atoms with van der Waals surface area (Å²) < 4.78 is 5.56. The molecule has 0 aromatic heterocycles. The number of unbranched alkanes of at least 4 members (excludes halogenated alkanes) is 4. The first-order valence-corrected chi connectivity index (χ1v) is 13.0. The van der Waals surface area contributed by atoms with Gasteiger partial charge >= 0.3 is 5.97 Å². The Hall–Kier alpha value is -2.50. The molecule has 0 spiro atoms. The summed E-state index contributed by atoms with van der Waals surface area (Å²) in [6.07, 6.45) is 10.7. The number of aliphatic imine (C=N–C) groups is 1. The molecule has 0 bridgehead atoms. The van der Waals surface area contributed by atoms with Gasteiger partial charge in [-0.3, -0.25) is 4.99 Å². The van der Waals surface area contributed by atoms with E-state index in [1.54, 1.807) is 12.1 Å². The zero-order valence-corrected chi connectivity index (χ0v) is 22.0. The van der Waals surface area contributed by atoms with Crippen molar-refractivity contribution in [3.05, 3.63) is 65.2 Å². The molecule has 5 heteroatoms. The van der Waals surface area contributed by atoms with Crippen molar-refractivity contribution in [1.29, 1.82) is 0 Å². The van der Waals surface area contributed by atoms with Gasteiger partial charge in [-0.1, -0.05) is 44.7 Å². The number of piperidine rings is 1. The molecule has 35 heavy (non-hydrogen) atoms. The molecule has 1 fully saturated rings. The van der Waals surface area contributed by atoms with Crippen LogP contribution >= 0.6 is 0 Å².